The third-order valence-electron chi connectivity index (χ3n) is 3.12. The van der Waals surface area contributed by atoms with Crippen molar-refractivity contribution < 1.29 is 9.53 Å². The van der Waals surface area contributed by atoms with E-state index in [0.717, 1.165) is 18.7 Å². The molecule has 1 rings (SSSR count). The van der Waals surface area contributed by atoms with Crippen molar-refractivity contribution in [2.24, 2.45) is 4.99 Å². The second kappa shape index (κ2) is 13.9. The van der Waals surface area contributed by atoms with Gasteiger partial charge in [-0.15, -0.1) is 24.0 Å². The molecule has 0 atom stereocenters. The summed E-state index contributed by atoms with van der Waals surface area (Å²) in [6.45, 7) is 6.53. The van der Waals surface area contributed by atoms with Crippen LogP contribution in [0, 0.1) is 6.92 Å². The average molecular weight is 448 g/mol. The molecule has 0 saturated carbocycles. The largest absolute Gasteiger partial charge is 0.492 e. The minimum Gasteiger partial charge on any atom is -0.492 e. The van der Waals surface area contributed by atoms with Gasteiger partial charge in [-0.1, -0.05) is 24.6 Å². The van der Waals surface area contributed by atoms with Crippen LogP contribution in [0.3, 0.4) is 0 Å². The molecular weight excluding hydrogens is 419 g/mol. The van der Waals surface area contributed by atoms with E-state index in [0.29, 0.717) is 32.1 Å². The number of ether oxygens (including phenoxy) is 1. The van der Waals surface area contributed by atoms with E-state index in [9.17, 15) is 4.79 Å². The van der Waals surface area contributed by atoms with Crippen LogP contribution in [0.4, 0.5) is 0 Å². The first-order valence-electron chi connectivity index (χ1n) is 8.06. The fourth-order valence-electron chi connectivity index (χ4n) is 1.84. The van der Waals surface area contributed by atoms with Crippen molar-refractivity contribution >= 4 is 35.8 Å². The molecule has 7 heteroatoms. The lowest BCUT2D eigenvalue weighted by molar-refractivity contribution is -0.120. The molecule has 0 radical (unpaired) electrons. The number of benzene rings is 1. The third-order valence-corrected chi connectivity index (χ3v) is 3.12. The van der Waals surface area contributed by atoms with E-state index in [4.69, 9.17) is 4.74 Å². The first kappa shape index (κ1) is 22.5. The molecule has 0 aromatic heterocycles. The topological polar surface area (TPSA) is 74.8 Å². The average Bonchev–Trinajstić information content (AvgIpc) is 2.56. The van der Waals surface area contributed by atoms with Crippen LogP contribution in [-0.4, -0.2) is 45.2 Å². The van der Waals surface area contributed by atoms with E-state index < -0.39 is 0 Å². The number of carbonyl (C=O) groups excluding carboxylic acids is 1. The fraction of sp³-hybridized carbons (Fsp3) is 0.529. The Kier molecular flexibility index (Phi) is 13.0. The van der Waals surface area contributed by atoms with Gasteiger partial charge in [-0.3, -0.25) is 9.79 Å². The highest BCUT2D eigenvalue weighted by atomic mass is 127. The summed E-state index contributed by atoms with van der Waals surface area (Å²) in [5.74, 6) is 1.58. The van der Waals surface area contributed by atoms with Crippen LogP contribution < -0.4 is 20.7 Å². The number of guanidine groups is 1. The van der Waals surface area contributed by atoms with Gasteiger partial charge in [0.05, 0.1) is 6.54 Å². The monoisotopic (exact) mass is 448 g/mol. The minimum atomic E-state index is 0. The van der Waals surface area contributed by atoms with Crippen molar-refractivity contribution in [3.8, 4) is 5.75 Å². The lowest BCUT2D eigenvalue weighted by Gasteiger charge is -2.12. The Morgan fingerprint density at radius 1 is 1.08 bits per heavy atom. The van der Waals surface area contributed by atoms with Crippen LogP contribution in [0.1, 0.15) is 25.3 Å². The summed E-state index contributed by atoms with van der Waals surface area (Å²) in [5, 5.41) is 9.09. The number of hydrogen-bond acceptors (Lipinski definition) is 3. The highest BCUT2D eigenvalue weighted by Gasteiger charge is 2.01. The molecule has 0 bridgehead atoms. The standard InChI is InChI=1S/C17H28N4O2.HI/c1-4-10-19-16(22)9-11-20-17(18-3)21-12-13-23-15-7-5-14(2)6-8-15;/h5-8H,4,9-13H2,1-3H3,(H,19,22)(H2,18,20,21);1H. The van der Waals surface area contributed by atoms with Crippen molar-refractivity contribution in [3.05, 3.63) is 29.8 Å². The van der Waals surface area contributed by atoms with Gasteiger partial charge < -0.3 is 20.7 Å². The Morgan fingerprint density at radius 2 is 1.75 bits per heavy atom. The quantitative estimate of drug-likeness (QED) is 0.234. The molecule has 0 aliphatic heterocycles. The van der Waals surface area contributed by atoms with Gasteiger partial charge >= 0.3 is 0 Å². The van der Waals surface area contributed by atoms with E-state index in [-0.39, 0.29) is 29.9 Å². The third kappa shape index (κ3) is 10.3. The van der Waals surface area contributed by atoms with Gasteiger partial charge in [-0.25, -0.2) is 0 Å². The van der Waals surface area contributed by atoms with Crippen molar-refractivity contribution in [2.45, 2.75) is 26.7 Å². The molecule has 1 amide bonds. The lowest BCUT2D eigenvalue weighted by Crippen LogP contribution is -2.40. The van der Waals surface area contributed by atoms with Crippen molar-refractivity contribution in [3.63, 3.8) is 0 Å². The van der Waals surface area contributed by atoms with E-state index in [1.54, 1.807) is 7.05 Å². The maximum atomic E-state index is 11.5. The van der Waals surface area contributed by atoms with Crippen molar-refractivity contribution in [1.29, 1.82) is 0 Å². The Balaban J connectivity index is 0.00000529. The first-order valence-corrected chi connectivity index (χ1v) is 8.06. The van der Waals surface area contributed by atoms with Gasteiger partial charge in [0.2, 0.25) is 5.91 Å². The van der Waals surface area contributed by atoms with E-state index in [1.165, 1.54) is 5.56 Å². The van der Waals surface area contributed by atoms with Gasteiger partial charge in [0, 0.05) is 26.6 Å². The summed E-state index contributed by atoms with van der Waals surface area (Å²) in [4.78, 5) is 15.6. The van der Waals surface area contributed by atoms with E-state index in [2.05, 4.69) is 20.9 Å². The minimum absolute atomic E-state index is 0. The molecule has 24 heavy (non-hydrogen) atoms. The van der Waals surface area contributed by atoms with Gasteiger partial charge in [0.1, 0.15) is 12.4 Å². The Labute approximate surface area is 161 Å². The number of aryl methyl sites for hydroxylation is 1. The summed E-state index contributed by atoms with van der Waals surface area (Å²) < 4.78 is 5.63. The summed E-state index contributed by atoms with van der Waals surface area (Å²) in [6, 6.07) is 7.95. The second-order valence-corrected chi connectivity index (χ2v) is 5.19. The molecule has 0 unspecified atom stereocenters. The lowest BCUT2D eigenvalue weighted by atomic mass is 10.2. The number of amides is 1. The Hall–Kier alpha value is -1.51. The first-order chi connectivity index (χ1) is 11.2. The van der Waals surface area contributed by atoms with Crippen molar-refractivity contribution in [2.75, 3.05) is 33.3 Å². The number of hydrogen-bond donors (Lipinski definition) is 3. The Morgan fingerprint density at radius 3 is 2.38 bits per heavy atom. The zero-order chi connectivity index (χ0) is 16.9. The van der Waals surface area contributed by atoms with E-state index >= 15 is 0 Å². The highest BCUT2D eigenvalue weighted by Crippen LogP contribution is 2.10. The molecule has 0 saturated heterocycles. The SMILES string of the molecule is CCCNC(=O)CCNC(=NC)NCCOc1ccc(C)cc1.I. The maximum absolute atomic E-state index is 11.5. The van der Waals surface area contributed by atoms with Crippen LogP contribution in [0.2, 0.25) is 0 Å². The predicted octanol–water partition coefficient (Wildman–Crippen LogP) is 2.07. The molecule has 6 nitrogen and oxygen atoms in total. The molecule has 3 N–H and O–H groups in total. The number of nitrogens with one attached hydrogen (secondary N) is 3. The smallest absolute Gasteiger partial charge is 0.221 e. The molecule has 0 fully saturated rings. The zero-order valence-corrected chi connectivity index (χ0v) is 17.1. The predicted molar refractivity (Wildman–Crippen MR) is 109 cm³/mol. The van der Waals surface area contributed by atoms with Gasteiger partial charge in [-0.2, -0.15) is 0 Å². The molecule has 136 valence electrons. The molecule has 0 spiro atoms. The van der Waals surface area contributed by atoms with E-state index in [1.807, 2.05) is 38.1 Å². The zero-order valence-electron chi connectivity index (χ0n) is 14.7. The Bertz CT molecular complexity index is 492. The molecule has 0 aliphatic carbocycles. The van der Waals surface area contributed by atoms with Crippen molar-refractivity contribution in [1.82, 2.24) is 16.0 Å². The van der Waals surface area contributed by atoms with Crippen LogP contribution in [0.5, 0.6) is 5.75 Å². The van der Waals surface area contributed by atoms with Crippen LogP contribution in [-0.2, 0) is 4.79 Å². The fourth-order valence-corrected chi connectivity index (χ4v) is 1.84. The maximum Gasteiger partial charge on any atom is 0.221 e. The van der Waals surface area contributed by atoms with Crippen LogP contribution >= 0.6 is 24.0 Å². The van der Waals surface area contributed by atoms with Crippen LogP contribution in [0.15, 0.2) is 29.3 Å². The summed E-state index contributed by atoms with van der Waals surface area (Å²) in [5.41, 5.74) is 1.21. The number of nitrogens with zero attached hydrogens (tertiary/aromatic N) is 1. The molecule has 1 aromatic carbocycles. The van der Waals surface area contributed by atoms with Gasteiger partial charge in [0.25, 0.3) is 0 Å². The number of rotatable bonds is 9. The van der Waals surface area contributed by atoms with Gasteiger partial charge in [-0.05, 0) is 25.5 Å². The number of aliphatic imine (C=N–C) groups is 1. The molecule has 0 aliphatic rings. The number of carbonyl (C=O) groups is 1. The summed E-state index contributed by atoms with van der Waals surface area (Å²) in [6.07, 6.45) is 1.38. The number of halogens is 1. The summed E-state index contributed by atoms with van der Waals surface area (Å²) >= 11 is 0. The highest BCUT2D eigenvalue weighted by molar-refractivity contribution is 14.0. The van der Waals surface area contributed by atoms with Crippen LogP contribution in [0.25, 0.3) is 0 Å². The normalized spacial score (nSPS) is 10.5. The second-order valence-electron chi connectivity index (χ2n) is 5.19. The summed E-state index contributed by atoms with van der Waals surface area (Å²) in [7, 11) is 1.70. The molecular formula is C17H29IN4O2. The van der Waals surface area contributed by atoms with Gasteiger partial charge in [0.15, 0.2) is 5.96 Å². The molecule has 1 aromatic rings. The molecule has 0 heterocycles.